The van der Waals surface area contributed by atoms with Gasteiger partial charge in [0.2, 0.25) is 0 Å². The van der Waals surface area contributed by atoms with E-state index in [2.05, 4.69) is 0 Å². The van der Waals surface area contributed by atoms with Gasteiger partial charge in [-0.15, -0.1) is 0 Å². The van der Waals surface area contributed by atoms with E-state index in [1.54, 1.807) is 7.11 Å². The Morgan fingerprint density at radius 3 is 2.74 bits per heavy atom. The third-order valence-electron chi connectivity index (χ3n) is 4.58. The van der Waals surface area contributed by atoms with Gasteiger partial charge in [0, 0.05) is 6.54 Å². The van der Waals surface area contributed by atoms with E-state index in [4.69, 9.17) is 14.6 Å². The molecule has 0 saturated carbocycles. The molecule has 1 amide bonds. The fourth-order valence-electron chi connectivity index (χ4n) is 3.41. The molecule has 0 spiro atoms. The van der Waals surface area contributed by atoms with Gasteiger partial charge in [0.1, 0.15) is 11.9 Å². The summed E-state index contributed by atoms with van der Waals surface area (Å²) in [6, 6.07) is 7.74. The van der Waals surface area contributed by atoms with Crippen LogP contribution in [-0.2, 0) is 14.3 Å². The second kappa shape index (κ2) is 6.58. The number of nitrogens with zero attached hydrogens (tertiary/aromatic N) is 1. The van der Waals surface area contributed by atoms with Gasteiger partial charge in [-0.1, -0.05) is 12.1 Å². The minimum atomic E-state index is -0.994. The van der Waals surface area contributed by atoms with Gasteiger partial charge >= 0.3 is 5.97 Å². The number of methoxy groups -OCH3 is 1. The Morgan fingerprint density at radius 2 is 2.04 bits per heavy atom. The number of ether oxygens (including phenoxy) is 2. The van der Waals surface area contributed by atoms with Crippen LogP contribution in [0.5, 0.6) is 5.75 Å². The number of likely N-dealkylation sites (tertiary alicyclic amines) is 1. The summed E-state index contributed by atoms with van der Waals surface area (Å²) >= 11 is 0. The van der Waals surface area contributed by atoms with E-state index in [0.29, 0.717) is 19.4 Å². The number of carboxylic acids is 1. The first kappa shape index (κ1) is 15.8. The summed E-state index contributed by atoms with van der Waals surface area (Å²) in [7, 11) is 1.62. The highest BCUT2D eigenvalue weighted by Crippen LogP contribution is 2.35. The summed E-state index contributed by atoms with van der Waals surface area (Å²) in [6.45, 7) is 0.679. The molecule has 2 saturated heterocycles. The van der Waals surface area contributed by atoms with E-state index >= 15 is 0 Å². The van der Waals surface area contributed by atoms with Crippen molar-refractivity contribution in [1.29, 1.82) is 0 Å². The second-order valence-corrected chi connectivity index (χ2v) is 6.00. The van der Waals surface area contributed by atoms with Gasteiger partial charge in [0.25, 0.3) is 5.91 Å². The summed E-state index contributed by atoms with van der Waals surface area (Å²) in [5, 5.41) is 9.00. The molecule has 0 aromatic heterocycles. The number of carbonyl (C=O) groups excluding carboxylic acids is 1. The van der Waals surface area contributed by atoms with Crippen molar-refractivity contribution >= 4 is 11.9 Å². The Balaban J connectivity index is 1.73. The molecule has 6 nitrogen and oxygen atoms in total. The quantitative estimate of drug-likeness (QED) is 0.918. The van der Waals surface area contributed by atoms with E-state index in [1.165, 1.54) is 0 Å². The van der Waals surface area contributed by atoms with Crippen molar-refractivity contribution in [3.05, 3.63) is 29.8 Å². The molecular weight excluding hydrogens is 298 g/mol. The second-order valence-electron chi connectivity index (χ2n) is 6.00. The van der Waals surface area contributed by atoms with Crippen LogP contribution in [0.1, 0.15) is 37.3 Å². The predicted molar refractivity (Wildman–Crippen MR) is 82.2 cm³/mol. The van der Waals surface area contributed by atoms with Crippen LogP contribution in [0.4, 0.5) is 0 Å². The number of carbonyl (C=O) groups is 2. The van der Waals surface area contributed by atoms with Gasteiger partial charge < -0.3 is 19.5 Å². The molecule has 2 fully saturated rings. The fourth-order valence-corrected chi connectivity index (χ4v) is 3.41. The molecule has 3 atom stereocenters. The molecule has 1 unspecified atom stereocenters. The summed E-state index contributed by atoms with van der Waals surface area (Å²) < 4.78 is 10.7. The van der Waals surface area contributed by atoms with E-state index in [9.17, 15) is 9.59 Å². The molecular formula is C17H21NO5. The molecule has 1 N–H and O–H groups in total. The zero-order valence-electron chi connectivity index (χ0n) is 13.1. The first-order valence-corrected chi connectivity index (χ1v) is 7.93. The Bertz CT molecular complexity index is 602. The van der Waals surface area contributed by atoms with Crippen molar-refractivity contribution < 1.29 is 24.2 Å². The summed E-state index contributed by atoms with van der Waals surface area (Å²) in [4.78, 5) is 25.5. The third-order valence-corrected chi connectivity index (χ3v) is 4.58. The van der Waals surface area contributed by atoms with Gasteiger partial charge in [-0.2, -0.15) is 0 Å². The monoisotopic (exact) mass is 319 g/mol. The van der Waals surface area contributed by atoms with E-state index < -0.39 is 18.2 Å². The highest BCUT2D eigenvalue weighted by molar-refractivity contribution is 5.83. The summed E-state index contributed by atoms with van der Waals surface area (Å²) in [5.74, 6) is -0.324. The Labute approximate surface area is 135 Å². The molecule has 2 aliphatic heterocycles. The molecule has 23 heavy (non-hydrogen) atoms. The molecule has 2 aliphatic rings. The highest BCUT2D eigenvalue weighted by atomic mass is 16.5. The van der Waals surface area contributed by atoms with Crippen molar-refractivity contribution in [2.75, 3.05) is 13.7 Å². The zero-order valence-corrected chi connectivity index (χ0v) is 13.1. The summed E-state index contributed by atoms with van der Waals surface area (Å²) in [5.41, 5.74) is 1.04. The van der Waals surface area contributed by atoms with E-state index in [-0.39, 0.29) is 11.9 Å². The van der Waals surface area contributed by atoms with Crippen molar-refractivity contribution in [2.24, 2.45) is 0 Å². The smallest absolute Gasteiger partial charge is 0.332 e. The van der Waals surface area contributed by atoms with Gasteiger partial charge in [-0.05, 0) is 43.4 Å². The zero-order chi connectivity index (χ0) is 16.4. The Hall–Kier alpha value is -2.08. The normalized spacial score (nSPS) is 27.2. The lowest BCUT2D eigenvalue weighted by molar-refractivity contribution is -0.155. The van der Waals surface area contributed by atoms with Gasteiger partial charge in [-0.3, -0.25) is 4.79 Å². The van der Waals surface area contributed by atoms with Crippen LogP contribution in [0.2, 0.25) is 0 Å². The minimum absolute atomic E-state index is 0.00470. The number of aliphatic carboxylic acids is 1. The minimum Gasteiger partial charge on any atom is -0.497 e. The predicted octanol–water partition coefficient (Wildman–Crippen LogP) is 1.99. The molecule has 1 aromatic carbocycles. The average Bonchev–Trinajstić information content (AvgIpc) is 3.23. The van der Waals surface area contributed by atoms with Crippen LogP contribution in [0.25, 0.3) is 0 Å². The molecule has 2 heterocycles. The maximum atomic E-state index is 12.7. The molecule has 0 bridgehead atoms. The number of hydrogen-bond donors (Lipinski definition) is 1. The Morgan fingerprint density at radius 1 is 1.26 bits per heavy atom. The van der Waals surface area contributed by atoms with Crippen LogP contribution in [0.3, 0.4) is 0 Å². The van der Waals surface area contributed by atoms with E-state index in [0.717, 1.165) is 24.2 Å². The fraction of sp³-hybridized carbons (Fsp3) is 0.529. The van der Waals surface area contributed by atoms with Crippen LogP contribution >= 0.6 is 0 Å². The lowest BCUT2D eigenvalue weighted by Crippen LogP contribution is -2.39. The maximum absolute atomic E-state index is 12.7. The van der Waals surface area contributed by atoms with Crippen molar-refractivity contribution in [3.8, 4) is 5.75 Å². The van der Waals surface area contributed by atoms with Crippen LogP contribution in [0, 0.1) is 0 Å². The third kappa shape index (κ3) is 3.17. The molecule has 6 heteroatoms. The number of benzene rings is 1. The van der Waals surface area contributed by atoms with Crippen LogP contribution < -0.4 is 4.74 Å². The van der Waals surface area contributed by atoms with Crippen molar-refractivity contribution in [3.63, 3.8) is 0 Å². The topological polar surface area (TPSA) is 76.1 Å². The molecule has 0 radical (unpaired) electrons. The number of rotatable bonds is 4. The standard InChI is InChI=1S/C17H21NO5/c1-22-12-5-2-4-11(10-12)13-6-3-9-18(13)16(19)14-7-8-15(23-14)17(20)21/h2,4-5,10,13-15H,3,6-9H2,1H3,(H,20,21)/t13?,14-,15+/m0/s1. The van der Waals surface area contributed by atoms with Crippen LogP contribution in [-0.4, -0.2) is 47.7 Å². The SMILES string of the molecule is COc1cccc(C2CCCN2C(=O)[C@@H]2CC[C@H](C(=O)O)O2)c1. The van der Waals surface area contributed by atoms with Crippen molar-refractivity contribution in [1.82, 2.24) is 4.90 Å². The molecule has 0 aliphatic carbocycles. The molecule has 124 valence electrons. The number of carboxylic acid groups (broad SMARTS) is 1. The average molecular weight is 319 g/mol. The van der Waals surface area contributed by atoms with Crippen molar-refractivity contribution in [2.45, 2.75) is 43.9 Å². The van der Waals surface area contributed by atoms with Crippen LogP contribution in [0.15, 0.2) is 24.3 Å². The maximum Gasteiger partial charge on any atom is 0.332 e. The highest BCUT2D eigenvalue weighted by Gasteiger charge is 2.40. The van der Waals surface area contributed by atoms with E-state index in [1.807, 2.05) is 29.2 Å². The largest absolute Gasteiger partial charge is 0.497 e. The van der Waals surface area contributed by atoms with Gasteiger partial charge in [-0.25, -0.2) is 4.79 Å². The lowest BCUT2D eigenvalue weighted by atomic mass is 10.0. The first-order chi connectivity index (χ1) is 11.1. The summed E-state index contributed by atoms with van der Waals surface area (Å²) in [6.07, 6.45) is 1.20. The van der Waals surface area contributed by atoms with Gasteiger partial charge in [0.05, 0.1) is 13.2 Å². The Kier molecular flexibility index (Phi) is 4.52. The number of amides is 1. The molecule has 3 rings (SSSR count). The first-order valence-electron chi connectivity index (χ1n) is 7.93. The lowest BCUT2D eigenvalue weighted by Gasteiger charge is -2.27. The molecule has 1 aromatic rings. The van der Waals surface area contributed by atoms with Gasteiger partial charge in [0.15, 0.2) is 6.10 Å². The number of hydrogen-bond acceptors (Lipinski definition) is 4.